The molecule has 0 spiro atoms. The fourth-order valence-corrected chi connectivity index (χ4v) is 2.33. The first-order valence-electron chi connectivity index (χ1n) is 7.26. The van der Waals surface area contributed by atoms with Crippen molar-refractivity contribution in [1.82, 2.24) is 10.3 Å². The van der Waals surface area contributed by atoms with Gasteiger partial charge in [0, 0.05) is 19.3 Å². The van der Waals surface area contributed by atoms with E-state index in [0.717, 1.165) is 18.9 Å². The van der Waals surface area contributed by atoms with E-state index in [-0.39, 0.29) is 12.5 Å². The lowest BCUT2D eigenvalue weighted by Gasteiger charge is -2.21. The highest BCUT2D eigenvalue weighted by molar-refractivity contribution is 5.95. The number of methoxy groups -OCH3 is 1. The Balaban J connectivity index is 1.94. The Morgan fingerprint density at radius 3 is 2.52 bits per heavy atom. The van der Waals surface area contributed by atoms with Crippen LogP contribution >= 0.6 is 0 Å². The van der Waals surface area contributed by atoms with Gasteiger partial charge in [-0.15, -0.1) is 0 Å². The van der Waals surface area contributed by atoms with Crippen LogP contribution in [0.1, 0.15) is 36.0 Å². The minimum Gasteiger partial charge on any atom is -0.468 e. The number of pyridine rings is 1. The zero-order valence-corrected chi connectivity index (χ0v) is 12.3. The summed E-state index contributed by atoms with van der Waals surface area (Å²) in [7, 11) is 1.28. The molecule has 0 unspecified atom stereocenters. The van der Waals surface area contributed by atoms with Gasteiger partial charge >= 0.3 is 5.97 Å². The van der Waals surface area contributed by atoms with Crippen LogP contribution in [0.15, 0.2) is 18.3 Å². The number of anilines is 1. The average Bonchev–Trinajstić information content (AvgIpc) is 2.81. The SMILES string of the molecule is COC(=O)CNC(=O)c1ccc(N2CCCCCC2)nc1. The van der Waals surface area contributed by atoms with Crippen LogP contribution in [-0.2, 0) is 9.53 Å². The summed E-state index contributed by atoms with van der Waals surface area (Å²) < 4.78 is 4.47. The predicted molar refractivity (Wildman–Crippen MR) is 79.3 cm³/mol. The van der Waals surface area contributed by atoms with Gasteiger partial charge in [-0.25, -0.2) is 4.98 Å². The lowest BCUT2D eigenvalue weighted by Crippen LogP contribution is -2.30. The molecule has 1 N–H and O–H groups in total. The number of esters is 1. The van der Waals surface area contributed by atoms with Crippen molar-refractivity contribution in [2.45, 2.75) is 25.7 Å². The van der Waals surface area contributed by atoms with E-state index in [1.54, 1.807) is 12.3 Å². The number of hydrogen-bond donors (Lipinski definition) is 1. The van der Waals surface area contributed by atoms with Crippen LogP contribution in [0.25, 0.3) is 0 Å². The average molecular weight is 291 g/mol. The molecule has 0 aliphatic carbocycles. The highest BCUT2D eigenvalue weighted by Crippen LogP contribution is 2.17. The molecule has 6 heteroatoms. The van der Waals surface area contributed by atoms with Gasteiger partial charge in [0.25, 0.3) is 5.91 Å². The van der Waals surface area contributed by atoms with Crippen LogP contribution in [0.3, 0.4) is 0 Å². The van der Waals surface area contributed by atoms with Crippen LogP contribution < -0.4 is 10.2 Å². The summed E-state index contributed by atoms with van der Waals surface area (Å²) in [4.78, 5) is 29.4. The van der Waals surface area contributed by atoms with Gasteiger partial charge in [0.15, 0.2) is 0 Å². The third-order valence-electron chi connectivity index (χ3n) is 3.56. The number of amides is 1. The normalized spacial score (nSPS) is 15.2. The molecular weight excluding hydrogens is 270 g/mol. The fourth-order valence-electron chi connectivity index (χ4n) is 2.33. The van der Waals surface area contributed by atoms with E-state index >= 15 is 0 Å². The zero-order chi connectivity index (χ0) is 15.1. The highest BCUT2D eigenvalue weighted by Gasteiger charge is 2.13. The quantitative estimate of drug-likeness (QED) is 0.848. The van der Waals surface area contributed by atoms with Crippen molar-refractivity contribution < 1.29 is 14.3 Å². The number of ether oxygens (including phenoxy) is 1. The Kier molecular flexibility index (Phi) is 5.54. The summed E-state index contributed by atoms with van der Waals surface area (Å²) in [6.07, 6.45) is 6.45. The number of nitrogens with zero attached hydrogens (tertiary/aromatic N) is 2. The topological polar surface area (TPSA) is 71.5 Å². The molecule has 1 amide bonds. The Hall–Kier alpha value is -2.11. The summed E-state index contributed by atoms with van der Waals surface area (Å²) in [5.41, 5.74) is 0.442. The van der Waals surface area contributed by atoms with E-state index in [4.69, 9.17) is 0 Å². The standard InChI is InChI=1S/C15H21N3O3/c1-21-14(19)11-17-15(20)12-6-7-13(16-10-12)18-8-4-2-3-5-9-18/h6-7,10H,2-5,8-9,11H2,1H3,(H,17,20). The number of hydrogen-bond acceptors (Lipinski definition) is 5. The van der Waals surface area contributed by atoms with Crippen LogP contribution in [-0.4, -0.2) is 43.6 Å². The first-order chi connectivity index (χ1) is 10.2. The molecule has 1 fully saturated rings. The molecule has 0 atom stereocenters. The molecule has 114 valence electrons. The van der Waals surface area contributed by atoms with Crippen molar-refractivity contribution in [3.05, 3.63) is 23.9 Å². The monoisotopic (exact) mass is 291 g/mol. The molecule has 0 radical (unpaired) electrons. The summed E-state index contributed by atoms with van der Waals surface area (Å²) >= 11 is 0. The summed E-state index contributed by atoms with van der Waals surface area (Å²) in [5.74, 6) is 0.106. The van der Waals surface area contributed by atoms with Crippen molar-refractivity contribution in [1.29, 1.82) is 0 Å². The largest absolute Gasteiger partial charge is 0.468 e. The van der Waals surface area contributed by atoms with Crippen LogP contribution in [0.2, 0.25) is 0 Å². The highest BCUT2D eigenvalue weighted by atomic mass is 16.5. The molecule has 0 aromatic carbocycles. The molecule has 0 bridgehead atoms. The second-order valence-electron chi connectivity index (χ2n) is 5.07. The second-order valence-corrected chi connectivity index (χ2v) is 5.07. The maximum absolute atomic E-state index is 11.8. The number of rotatable bonds is 4. The van der Waals surface area contributed by atoms with E-state index < -0.39 is 5.97 Å². The molecule has 1 aromatic rings. The van der Waals surface area contributed by atoms with Gasteiger partial charge in [0.1, 0.15) is 12.4 Å². The molecule has 2 heterocycles. The van der Waals surface area contributed by atoms with E-state index in [0.29, 0.717) is 5.56 Å². The predicted octanol–water partition coefficient (Wildman–Crippen LogP) is 1.36. The Bertz CT molecular complexity index is 479. The first-order valence-corrected chi connectivity index (χ1v) is 7.26. The van der Waals surface area contributed by atoms with Crippen LogP contribution in [0.4, 0.5) is 5.82 Å². The lowest BCUT2D eigenvalue weighted by atomic mass is 10.2. The summed E-state index contributed by atoms with van der Waals surface area (Å²) in [6, 6.07) is 3.60. The molecule has 0 saturated carbocycles. The van der Waals surface area contributed by atoms with Gasteiger partial charge in [-0.1, -0.05) is 12.8 Å². The molecule has 1 aromatic heterocycles. The Labute approximate surface area is 124 Å². The molecule has 21 heavy (non-hydrogen) atoms. The minimum atomic E-state index is -0.475. The third kappa shape index (κ3) is 4.44. The van der Waals surface area contributed by atoms with Gasteiger partial charge in [-0.2, -0.15) is 0 Å². The van der Waals surface area contributed by atoms with Crippen molar-refractivity contribution in [3.8, 4) is 0 Å². The molecule has 6 nitrogen and oxygen atoms in total. The van der Waals surface area contributed by atoms with E-state index in [1.807, 2.05) is 6.07 Å². The lowest BCUT2D eigenvalue weighted by molar-refractivity contribution is -0.139. The van der Waals surface area contributed by atoms with E-state index in [1.165, 1.54) is 32.8 Å². The first kappa shape index (κ1) is 15.3. The van der Waals surface area contributed by atoms with Crippen molar-refractivity contribution in [2.24, 2.45) is 0 Å². The van der Waals surface area contributed by atoms with E-state index in [2.05, 4.69) is 19.9 Å². The molecule has 1 aliphatic rings. The maximum atomic E-state index is 11.8. The molecule has 1 aliphatic heterocycles. The smallest absolute Gasteiger partial charge is 0.325 e. The number of aromatic nitrogens is 1. The van der Waals surface area contributed by atoms with Gasteiger partial charge < -0.3 is 15.0 Å². The molecule has 2 rings (SSSR count). The van der Waals surface area contributed by atoms with Crippen LogP contribution in [0.5, 0.6) is 0 Å². The van der Waals surface area contributed by atoms with Gasteiger partial charge in [0.2, 0.25) is 0 Å². The molecule has 1 saturated heterocycles. The second kappa shape index (κ2) is 7.61. The Morgan fingerprint density at radius 1 is 1.24 bits per heavy atom. The zero-order valence-electron chi connectivity index (χ0n) is 12.3. The Morgan fingerprint density at radius 2 is 1.95 bits per heavy atom. The van der Waals surface area contributed by atoms with Gasteiger partial charge in [0.05, 0.1) is 12.7 Å². The van der Waals surface area contributed by atoms with Crippen molar-refractivity contribution in [3.63, 3.8) is 0 Å². The van der Waals surface area contributed by atoms with Gasteiger partial charge in [-0.3, -0.25) is 9.59 Å². The summed E-state index contributed by atoms with van der Waals surface area (Å²) in [5, 5.41) is 2.49. The molecular formula is C15H21N3O3. The minimum absolute atomic E-state index is 0.136. The van der Waals surface area contributed by atoms with E-state index in [9.17, 15) is 9.59 Å². The fraction of sp³-hybridized carbons (Fsp3) is 0.533. The third-order valence-corrected chi connectivity index (χ3v) is 3.56. The van der Waals surface area contributed by atoms with Crippen LogP contribution in [0, 0.1) is 0 Å². The van der Waals surface area contributed by atoms with Gasteiger partial charge in [-0.05, 0) is 25.0 Å². The van der Waals surface area contributed by atoms with Crippen molar-refractivity contribution in [2.75, 3.05) is 31.6 Å². The number of nitrogens with one attached hydrogen (secondary N) is 1. The summed E-state index contributed by atoms with van der Waals surface area (Å²) in [6.45, 7) is 1.89. The number of carbonyl (C=O) groups is 2. The number of carbonyl (C=O) groups excluding carboxylic acids is 2. The van der Waals surface area contributed by atoms with Crippen molar-refractivity contribution >= 4 is 17.7 Å². The maximum Gasteiger partial charge on any atom is 0.325 e.